The molecule has 2 saturated heterocycles. The highest BCUT2D eigenvalue weighted by atomic mass is 16.5. The SMILES string of the molecule is COCCCN1C(=O)C2CCCCN2C(=O)C1C(C)C. The second kappa shape index (κ2) is 6.57. The van der Waals surface area contributed by atoms with E-state index in [9.17, 15) is 9.59 Å². The Morgan fingerprint density at radius 2 is 2.00 bits per heavy atom. The average Bonchev–Trinajstić information content (AvgIpc) is 2.44. The van der Waals surface area contributed by atoms with Crippen LogP contribution >= 0.6 is 0 Å². The van der Waals surface area contributed by atoms with Gasteiger partial charge in [0.15, 0.2) is 0 Å². The van der Waals surface area contributed by atoms with Gasteiger partial charge in [0.1, 0.15) is 12.1 Å². The molecule has 2 aliphatic rings. The van der Waals surface area contributed by atoms with Gasteiger partial charge in [0.05, 0.1) is 0 Å². The van der Waals surface area contributed by atoms with Crippen molar-refractivity contribution in [3.63, 3.8) is 0 Å². The standard InChI is InChI=1S/C15H26N2O3/c1-11(2)13-15(19)16-8-5-4-7-12(16)14(18)17(13)9-6-10-20-3/h11-13H,4-10H2,1-3H3. The molecule has 114 valence electrons. The highest BCUT2D eigenvalue weighted by Crippen LogP contribution is 2.29. The zero-order chi connectivity index (χ0) is 14.7. The summed E-state index contributed by atoms with van der Waals surface area (Å²) >= 11 is 0. The van der Waals surface area contributed by atoms with Crippen LogP contribution in [0.2, 0.25) is 0 Å². The molecule has 2 fully saturated rings. The molecular weight excluding hydrogens is 256 g/mol. The highest BCUT2D eigenvalue weighted by Gasteiger charge is 2.47. The first kappa shape index (κ1) is 15.3. The third-order valence-corrected chi connectivity index (χ3v) is 4.32. The van der Waals surface area contributed by atoms with Crippen molar-refractivity contribution < 1.29 is 14.3 Å². The molecule has 0 bridgehead atoms. The fourth-order valence-corrected chi connectivity index (χ4v) is 3.36. The zero-order valence-corrected chi connectivity index (χ0v) is 12.8. The summed E-state index contributed by atoms with van der Waals surface area (Å²) in [6.45, 7) is 6.01. The molecule has 2 amide bonds. The van der Waals surface area contributed by atoms with Crippen LogP contribution in [0.4, 0.5) is 0 Å². The molecule has 2 aliphatic heterocycles. The molecule has 20 heavy (non-hydrogen) atoms. The van der Waals surface area contributed by atoms with E-state index < -0.39 is 0 Å². The van der Waals surface area contributed by atoms with E-state index in [1.54, 1.807) is 12.0 Å². The number of piperazine rings is 1. The number of ether oxygens (including phenoxy) is 1. The number of carbonyl (C=O) groups is 2. The smallest absolute Gasteiger partial charge is 0.246 e. The van der Waals surface area contributed by atoms with E-state index in [1.807, 2.05) is 18.7 Å². The molecule has 0 aromatic heterocycles. The van der Waals surface area contributed by atoms with Gasteiger partial charge in [-0.2, -0.15) is 0 Å². The van der Waals surface area contributed by atoms with Gasteiger partial charge in [-0.15, -0.1) is 0 Å². The van der Waals surface area contributed by atoms with Crippen molar-refractivity contribution in [1.82, 2.24) is 9.80 Å². The van der Waals surface area contributed by atoms with Crippen molar-refractivity contribution >= 4 is 11.8 Å². The fraction of sp³-hybridized carbons (Fsp3) is 0.867. The van der Waals surface area contributed by atoms with Gasteiger partial charge in [-0.05, 0) is 31.6 Å². The van der Waals surface area contributed by atoms with Crippen LogP contribution in [0.15, 0.2) is 0 Å². The predicted molar refractivity (Wildman–Crippen MR) is 76.2 cm³/mol. The molecule has 0 radical (unpaired) electrons. The third kappa shape index (κ3) is 2.82. The Hall–Kier alpha value is -1.10. The minimum Gasteiger partial charge on any atom is -0.385 e. The van der Waals surface area contributed by atoms with Gasteiger partial charge in [-0.3, -0.25) is 9.59 Å². The predicted octanol–water partition coefficient (Wildman–Crippen LogP) is 1.27. The number of nitrogens with zero attached hydrogens (tertiary/aromatic N) is 2. The van der Waals surface area contributed by atoms with Crippen molar-refractivity contribution in [2.24, 2.45) is 5.92 Å². The minimum absolute atomic E-state index is 0.138. The molecule has 2 unspecified atom stereocenters. The maximum absolute atomic E-state index is 12.7. The Kier molecular flexibility index (Phi) is 5.02. The molecule has 0 aliphatic carbocycles. The van der Waals surface area contributed by atoms with E-state index in [0.717, 1.165) is 32.2 Å². The Morgan fingerprint density at radius 3 is 2.65 bits per heavy atom. The number of carbonyl (C=O) groups excluding carboxylic acids is 2. The first-order valence-corrected chi connectivity index (χ1v) is 7.67. The van der Waals surface area contributed by atoms with Crippen LogP contribution in [-0.4, -0.2) is 60.5 Å². The maximum atomic E-state index is 12.7. The summed E-state index contributed by atoms with van der Waals surface area (Å²) in [5.74, 6) is 0.428. The fourth-order valence-electron chi connectivity index (χ4n) is 3.36. The van der Waals surface area contributed by atoms with E-state index in [1.165, 1.54) is 0 Å². The van der Waals surface area contributed by atoms with Gasteiger partial charge in [0, 0.05) is 26.8 Å². The van der Waals surface area contributed by atoms with Crippen LogP contribution in [0.5, 0.6) is 0 Å². The number of hydrogen-bond acceptors (Lipinski definition) is 3. The topological polar surface area (TPSA) is 49.9 Å². The van der Waals surface area contributed by atoms with Crippen molar-refractivity contribution in [2.45, 2.75) is 51.6 Å². The summed E-state index contributed by atoms with van der Waals surface area (Å²) in [4.78, 5) is 29.0. The molecule has 0 saturated carbocycles. The number of fused-ring (bicyclic) bond motifs is 1. The largest absolute Gasteiger partial charge is 0.385 e. The molecule has 5 nitrogen and oxygen atoms in total. The molecular formula is C15H26N2O3. The average molecular weight is 282 g/mol. The van der Waals surface area contributed by atoms with E-state index in [2.05, 4.69) is 0 Å². The van der Waals surface area contributed by atoms with Crippen LogP contribution in [0.25, 0.3) is 0 Å². The van der Waals surface area contributed by atoms with E-state index >= 15 is 0 Å². The number of methoxy groups -OCH3 is 1. The summed E-state index contributed by atoms with van der Waals surface area (Å²) in [7, 11) is 1.66. The van der Waals surface area contributed by atoms with E-state index in [0.29, 0.717) is 13.2 Å². The van der Waals surface area contributed by atoms with Crippen LogP contribution in [0.1, 0.15) is 39.5 Å². The molecule has 2 rings (SSSR count). The summed E-state index contributed by atoms with van der Waals surface area (Å²) < 4.78 is 5.06. The van der Waals surface area contributed by atoms with Crippen LogP contribution < -0.4 is 0 Å². The lowest BCUT2D eigenvalue weighted by Crippen LogP contribution is -2.67. The van der Waals surface area contributed by atoms with Gasteiger partial charge >= 0.3 is 0 Å². The van der Waals surface area contributed by atoms with Crippen LogP contribution in [0, 0.1) is 5.92 Å². The molecule has 0 aromatic rings. The van der Waals surface area contributed by atoms with Gasteiger partial charge in [-0.1, -0.05) is 13.8 Å². The summed E-state index contributed by atoms with van der Waals surface area (Å²) in [5, 5.41) is 0. The Bertz CT molecular complexity index is 370. The Labute approximate surface area is 121 Å². The highest BCUT2D eigenvalue weighted by molar-refractivity contribution is 5.97. The lowest BCUT2D eigenvalue weighted by atomic mass is 9.90. The van der Waals surface area contributed by atoms with E-state index in [-0.39, 0.29) is 29.8 Å². The quantitative estimate of drug-likeness (QED) is 0.714. The Balaban J connectivity index is 2.17. The van der Waals surface area contributed by atoms with Crippen LogP contribution in [-0.2, 0) is 14.3 Å². The molecule has 5 heteroatoms. The normalized spacial score (nSPS) is 27.2. The lowest BCUT2D eigenvalue weighted by Gasteiger charge is -2.48. The molecule has 0 aromatic carbocycles. The zero-order valence-electron chi connectivity index (χ0n) is 12.8. The van der Waals surface area contributed by atoms with Crippen molar-refractivity contribution in [3.05, 3.63) is 0 Å². The second-order valence-electron chi connectivity index (χ2n) is 6.11. The number of hydrogen-bond donors (Lipinski definition) is 0. The lowest BCUT2D eigenvalue weighted by molar-refractivity contribution is -0.166. The van der Waals surface area contributed by atoms with Crippen molar-refractivity contribution in [3.8, 4) is 0 Å². The Morgan fingerprint density at radius 1 is 1.25 bits per heavy atom. The molecule has 2 heterocycles. The third-order valence-electron chi connectivity index (χ3n) is 4.32. The monoisotopic (exact) mass is 282 g/mol. The van der Waals surface area contributed by atoms with Crippen LogP contribution in [0.3, 0.4) is 0 Å². The summed E-state index contributed by atoms with van der Waals surface area (Å²) in [5.41, 5.74) is 0. The second-order valence-corrected chi connectivity index (χ2v) is 6.11. The molecule has 0 spiro atoms. The van der Waals surface area contributed by atoms with Gasteiger partial charge in [0.2, 0.25) is 11.8 Å². The molecule has 0 N–H and O–H groups in total. The summed E-state index contributed by atoms with van der Waals surface area (Å²) in [6.07, 6.45) is 3.66. The summed E-state index contributed by atoms with van der Waals surface area (Å²) in [6, 6.07) is -0.512. The number of amides is 2. The number of rotatable bonds is 5. The van der Waals surface area contributed by atoms with Crippen molar-refractivity contribution in [2.75, 3.05) is 26.8 Å². The van der Waals surface area contributed by atoms with Gasteiger partial charge < -0.3 is 14.5 Å². The first-order valence-electron chi connectivity index (χ1n) is 7.67. The van der Waals surface area contributed by atoms with Gasteiger partial charge in [0.25, 0.3) is 0 Å². The molecule has 2 atom stereocenters. The minimum atomic E-state index is -0.297. The maximum Gasteiger partial charge on any atom is 0.246 e. The van der Waals surface area contributed by atoms with Gasteiger partial charge in [-0.25, -0.2) is 0 Å². The van der Waals surface area contributed by atoms with E-state index in [4.69, 9.17) is 4.74 Å². The number of piperidine rings is 1. The first-order chi connectivity index (χ1) is 9.57. The van der Waals surface area contributed by atoms with Crippen molar-refractivity contribution in [1.29, 1.82) is 0 Å².